The van der Waals surface area contributed by atoms with Gasteiger partial charge < -0.3 is 10.8 Å². The molecule has 0 bridgehead atoms. The van der Waals surface area contributed by atoms with Crippen LogP contribution in [0.2, 0.25) is 0 Å². The van der Waals surface area contributed by atoms with E-state index in [2.05, 4.69) is 0 Å². The van der Waals surface area contributed by atoms with Crippen molar-refractivity contribution < 1.29 is 14.4 Å². The van der Waals surface area contributed by atoms with Crippen LogP contribution in [0.1, 0.15) is 11.6 Å². The van der Waals surface area contributed by atoms with Crippen LogP contribution in [0.3, 0.4) is 0 Å². The Balaban J connectivity index is 3.22. The maximum atomic E-state index is 12.2. The number of aromatic hydroxyl groups is 1. The average Bonchev–Trinajstić information content (AvgIpc) is 2.16. The van der Waals surface area contributed by atoms with E-state index in [1.54, 1.807) is 0 Å². The van der Waals surface area contributed by atoms with Crippen LogP contribution >= 0.6 is 0 Å². The van der Waals surface area contributed by atoms with Crippen molar-refractivity contribution in [2.45, 2.75) is 6.04 Å². The zero-order chi connectivity index (χ0) is 10.7. The number of phenolic OH excluding ortho intramolecular Hbond substituents is 1. The van der Waals surface area contributed by atoms with Gasteiger partial charge in [-0.3, -0.25) is 10.1 Å². The summed E-state index contributed by atoms with van der Waals surface area (Å²) in [5, 5.41) is 19.6. The monoisotopic (exact) mass is 200 g/mol. The standard InChI is InChI=1S/C8H9FN2O3/c9-4-7(10)6-3-5(12)1-2-8(6)11(13)14/h1-3,7,12H,4,10H2/t7-/m0/s1. The van der Waals surface area contributed by atoms with Crippen LogP contribution in [-0.4, -0.2) is 16.7 Å². The summed E-state index contributed by atoms with van der Waals surface area (Å²) in [6.07, 6.45) is 0. The third-order valence-electron chi connectivity index (χ3n) is 1.77. The fourth-order valence-electron chi connectivity index (χ4n) is 1.09. The van der Waals surface area contributed by atoms with E-state index in [1.165, 1.54) is 0 Å². The molecule has 0 saturated carbocycles. The highest BCUT2D eigenvalue weighted by Gasteiger charge is 2.19. The van der Waals surface area contributed by atoms with Gasteiger partial charge in [-0.15, -0.1) is 0 Å². The average molecular weight is 200 g/mol. The number of rotatable bonds is 3. The topological polar surface area (TPSA) is 89.4 Å². The van der Waals surface area contributed by atoms with Crippen LogP contribution in [0.4, 0.5) is 10.1 Å². The summed E-state index contributed by atoms with van der Waals surface area (Å²) in [4.78, 5) is 9.84. The first-order chi connectivity index (χ1) is 6.56. The third-order valence-corrected chi connectivity index (χ3v) is 1.77. The molecule has 1 atom stereocenters. The Morgan fingerprint density at radius 3 is 2.79 bits per heavy atom. The number of hydrogen-bond acceptors (Lipinski definition) is 4. The molecular weight excluding hydrogens is 191 g/mol. The Kier molecular flexibility index (Phi) is 2.98. The molecule has 0 heterocycles. The highest BCUT2D eigenvalue weighted by atomic mass is 19.1. The van der Waals surface area contributed by atoms with E-state index in [0.29, 0.717) is 0 Å². The van der Waals surface area contributed by atoms with Crippen LogP contribution in [0.5, 0.6) is 5.75 Å². The molecule has 0 aliphatic heterocycles. The van der Waals surface area contributed by atoms with Crippen molar-refractivity contribution in [3.05, 3.63) is 33.9 Å². The Hall–Kier alpha value is -1.69. The Morgan fingerprint density at radius 1 is 1.64 bits per heavy atom. The van der Waals surface area contributed by atoms with E-state index >= 15 is 0 Å². The fraction of sp³-hybridized carbons (Fsp3) is 0.250. The second kappa shape index (κ2) is 4.01. The minimum Gasteiger partial charge on any atom is -0.508 e. The van der Waals surface area contributed by atoms with Gasteiger partial charge in [-0.1, -0.05) is 0 Å². The molecule has 0 aliphatic carbocycles. The van der Waals surface area contributed by atoms with Gasteiger partial charge in [0.15, 0.2) is 0 Å². The predicted molar refractivity (Wildman–Crippen MR) is 47.7 cm³/mol. The number of alkyl halides is 1. The molecule has 6 heteroatoms. The lowest BCUT2D eigenvalue weighted by Gasteiger charge is -2.07. The molecule has 0 saturated heterocycles. The van der Waals surface area contributed by atoms with Gasteiger partial charge in [-0.05, 0) is 12.1 Å². The van der Waals surface area contributed by atoms with E-state index in [1.807, 2.05) is 0 Å². The van der Waals surface area contributed by atoms with E-state index < -0.39 is 17.6 Å². The van der Waals surface area contributed by atoms with E-state index in [-0.39, 0.29) is 17.0 Å². The Bertz CT molecular complexity index is 356. The number of halogens is 1. The molecule has 76 valence electrons. The summed E-state index contributed by atoms with van der Waals surface area (Å²) in [5.74, 6) is -0.172. The van der Waals surface area contributed by atoms with Gasteiger partial charge in [0.1, 0.15) is 12.4 Å². The summed E-state index contributed by atoms with van der Waals surface area (Å²) >= 11 is 0. The molecule has 0 unspecified atom stereocenters. The van der Waals surface area contributed by atoms with Crippen molar-refractivity contribution in [3.63, 3.8) is 0 Å². The predicted octanol–water partition coefficient (Wildman–Crippen LogP) is 1.27. The highest BCUT2D eigenvalue weighted by molar-refractivity contribution is 5.46. The smallest absolute Gasteiger partial charge is 0.274 e. The molecule has 0 radical (unpaired) electrons. The van der Waals surface area contributed by atoms with Crippen molar-refractivity contribution in [2.24, 2.45) is 5.73 Å². The molecule has 3 N–H and O–H groups in total. The molecule has 1 rings (SSSR count). The third kappa shape index (κ3) is 1.97. The second-order valence-electron chi connectivity index (χ2n) is 2.76. The van der Waals surface area contributed by atoms with Crippen molar-refractivity contribution in [1.29, 1.82) is 0 Å². The van der Waals surface area contributed by atoms with Crippen molar-refractivity contribution >= 4 is 5.69 Å². The Morgan fingerprint density at radius 2 is 2.29 bits per heavy atom. The minimum atomic E-state index is -1.08. The first-order valence-electron chi connectivity index (χ1n) is 3.85. The van der Waals surface area contributed by atoms with Gasteiger partial charge in [0, 0.05) is 6.07 Å². The van der Waals surface area contributed by atoms with E-state index in [0.717, 1.165) is 18.2 Å². The largest absolute Gasteiger partial charge is 0.508 e. The van der Waals surface area contributed by atoms with Crippen molar-refractivity contribution in [1.82, 2.24) is 0 Å². The summed E-state index contributed by atoms with van der Waals surface area (Å²) in [6, 6.07) is 2.28. The molecule has 0 spiro atoms. The summed E-state index contributed by atoms with van der Waals surface area (Å²) < 4.78 is 12.2. The molecule has 5 nitrogen and oxygen atoms in total. The second-order valence-corrected chi connectivity index (χ2v) is 2.76. The quantitative estimate of drug-likeness (QED) is 0.567. The number of phenols is 1. The van der Waals surface area contributed by atoms with E-state index in [9.17, 15) is 14.5 Å². The summed E-state index contributed by atoms with van der Waals surface area (Å²) in [5.41, 5.74) is 5.02. The fourth-order valence-corrected chi connectivity index (χ4v) is 1.09. The first-order valence-corrected chi connectivity index (χ1v) is 3.85. The van der Waals surface area contributed by atoms with Gasteiger partial charge >= 0.3 is 0 Å². The van der Waals surface area contributed by atoms with Crippen molar-refractivity contribution in [3.8, 4) is 5.75 Å². The maximum absolute atomic E-state index is 12.2. The van der Waals surface area contributed by atoms with Crippen LogP contribution in [-0.2, 0) is 0 Å². The Labute approximate surface area is 79.1 Å². The number of nitrogens with zero attached hydrogens (tertiary/aromatic N) is 1. The van der Waals surface area contributed by atoms with Crippen LogP contribution < -0.4 is 5.73 Å². The molecule has 0 fully saturated rings. The van der Waals surface area contributed by atoms with Crippen LogP contribution in [0.15, 0.2) is 18.2 Å². The summed E-state index contributed by atoms with van der Waals surface area (Å²) in [7, 11) is 0. The van der Waals surface area contributed by atoms with Crippen LogP contribution in [0, 0.1) is 10.1 Å². The van der Waals surface area contributed by atoms with Gasteiger partial charge in [-0.25, -0.2) is 4.39 Å². The van der Waals surface area contributed by atoms with E-state index in [4.69, 9.17) is 10.8 Å². The first kappa shape index (κ1) is 10.4. The molecule has 0 amide bonds. The minimum absolute atomic E-state index is 0.00231. The summed E-state index contributed by atoms with van der Waals surface area (Å²) in [6.45, 7) is -0.912. The molecule has 0 aromatic heterocycles. The van der Waals surface area contributed by atoms with Gasteiger partial charge in [0.2, 0.25) is 0 Å². The van der Waals surface area contributed by atoms with Crippen molar-refractivity contribution in [2.75, 3.05) is 6.67 Å². The van der Waals surface area contributed by atoms with Crippen LogP contribution in [0.25, 0.3) is 0 Å². The number of nitro benzene ring substituents is 1. The number of benzene rings is 1. The highest BCUT2D eigenvalue weighted by Crippen LogP contribution is 2.27. The maximum Gasteiger partial charge on any atom is 0.274 e. The lowest BCUT2D eigenvalue weighted by Crippen LogP contribution is -2.14. The molecule has 1 aromatic rings. The molecule has 1 aromatic carbocycles. The van der Waals surface area contributed by atoms with Gasteiger partial charge in [-0.2, -0.15) is 0 Å². The molecule has 0 aliphatic rings. The number of nitro groups is 1. The van der Waals surface area contributed by atoms with Gasteiger partial charge in [0.25, 0.3) is 5.69 Å². The molecule has 14 heavy (non-hydrogen) atoms. The normalized spacial score (nSPS) is 12.4. The zero-order valence-electron chi connectivity index (χ0n) is 7.18. The molecular formula is C8H9FN2O3. The lowest BCUT2D eigenvalue weighted by molar-refractivity contribution is -0.385. The number of hydrogen-bond donors (Lipinski definition) is 2. The zero-order valence-corrected chi connectivity index (χ0v) is 7.18. The SMILES string of the molecule is N[C@@H](CF)c1cc(O)ccc1[N+](=O)[O-]. The van der Waals surface area contributed by atoms with Gasteiger partial charge in [0.05, 0.1) is 16.5 Å². The lowest BCUT2D eigenvalue weighted by atomic mass is 10.1. The number of nitrogens with two attached hydrogens (primary N) is 1.